The van der Waals surface area contributed by atoms with E-state index >= 15 is 0 Å². The molecule has 1 aromatic rings. The van der Waals surface area contributed by atoms with Crippen LogP contribution in [-0.4, -0.2) is 36.9 Å². The molecule has 1 N–H and O–H groups in total. The van der Waals surface area contributed by atoms with Gasteiger partial charge >= 0.3 is 5.97 Å². The SMILES string of the molecule is C#CCN(CC1CC1)S(=O)(=O)c1c(C)csc1C(=O)O. The van der Waals surface area contributed by atoms with Crippen molar-refractivity contribution in [2.24, 2.45) is 5.92 Å². The average molecular weight is 313 g/mol. The van der Waals surface area contributed by atoms with E-state index in [0.717, 1.165) is 24.2 Å². The van der Waals surface area contributed by atoms with Crippen molar-refractivity contribution in [3.05, 3.63) is 15.8 Å². The summed E-state index contributed by atoms with van der Waals surface area (Å²) in [6, 6.07) is 0. The lowest BCUT2D eigenvalue weighted by Crippen LogP contribution is -2.34. The van der Waals surface area contributed by atoms with Crippen molar-refractivity contribution in [1.82, 2.24) is 4.31 Å². The first kappa shape index (κ1) is 15.0. The number of aromatic carboxylic acids is 1. The molecule has 1 saturated carbocycles. The van der Waals surface area contributed by atoms with Crippen LogP contribution >= 0.6 is 11.3 Å². The largest absolute Gasteiger partial charge is 0.477 e. The summed E-state index contributed by atoms with van der Waals surface area (Å²) < 4.78 is 26.5. The molecule has 1 aliphatic carbocycles. The molecule has 0 bridgehead atoms. The van der Waals surface area contributed by atoms with Gasteiger partial charge in [-0.1, -0.05) is 5.92 Å². The lowest BCUT2D eigenvalue weighted by molar-refractivity contribution is 0.0698. The van der Waals surface area contributed by atoms with Crippen molar-refractivity contribution in [1.29, 1.82) is 0 Å². The number of aryl methyl sites for hydroxylation is 1. The van der Waals surface area contributed by atoms with Crippen LogP contribution in [0.2, 0.25) is 0 Å². The quantitative estimate of drug-likeness (QED) is 0.813. The molecule has 0 saturated heterocycles. The number of thiophene rings is 1. The van der Waals surface area contributed by atoms with Gasteiger partial charge in [0.15, 0.2) is 0 Å². The van der Waals surface area contributed by atoms with Crippen LogP contribution in [0.25, 0.3) is 0 Å². The zero-order valence-electron chi connectivity index (χ0n) is 11.0. The molecule has 0 atom stereocenters. The van der Waals surface area contributed by atoms with Crippen LogP contribution in [0.15, 0.2) is 10.3 Å². The molecule has 5 nitrogen and oxygen atoms in total. The Hall–Kier alpha value is -1.36. The third kappa shape index (κ3) is 2.87. The van der Waals surface area contributed by atoms with Gasteiger partial charge in [-0.25, -0.2) is 13.2 Å². The maximum Gasteiger partial charge on any atom is 0.347 e. The number of hydrogen-bond acceptors (Lipinski definition) is 4. The zero-order valence-corrected chi connectivity index (χ0v) is 12.6. The Morgan fingerprint density at radius 2 is 2.25 bits per heavy atom. The normalized spacial score (nSPS) is 15.2. The second-order valence-corrected chi connectivity index (χ2v) is 7.58. The Morgan fingerprint density at radius 3 is 2.75 bits per heavy atom. The Labute approximate surface area is 122 Å². The van der Waals surface area contributed by atoms with Gasteiger partial charge in [0, 0.05) is 6.54 Å². The third-order valence-electron chi connectivity index (χ3n) is 3.14. The summed E-state index contributed by atoms with van der Waals surface area (Å²) >= 11 is 0.924. The molecule has 1 aliphatic rings. The minimum atomic E-state index is -3.86. The fourth-order valence-corrected chi connectivity index (χ4v) is 4.98. The van der Waals surface area contributed by atoms with E-state index in [4.69, 9.17) is 11.5 Å². The predicted octanol–water partition coefficient (Wildman–Crippen LogP) is 1.79. The van der Waals surface area contributed by atoms with Gasteiger partial charge < -0.3 is 5.11 Å². The molecule has 108 valence electrons. The molecule has 20 heavy (non-hydrogen) atoms. The molecule has 0 unspecified atom stereocenters. The Bertz CT molecular complexity index is 665. The van der Waals surface area contributed by atoms with Crippen LogP contribution in [0, 0.1) is 25.2 Å². The molecule has 0 amide bonds. The van der Waals surface area contributed by atoms with Gasteiger partial charge in [-0.2, -0.15) is 4.31 Å². The highest BCUT2D eigenvalue weighted by molar-refractivity contribution is 7.89. The van der Waals surface area contributed by atoms with Crippen molar-refractivity contribution in [2.75, 3.05) is 13.1 Å². The molecule has 2 rings (SSSR count). The van der Waals surface area contributed by atoms with Crippen molar-refractivity contribution >= 4 is 27.3 Å². The van der Waals surface area contributed by atoms with Crippen molar-refractivity contribution in [3.8, 4) is 12.3 Å². The van der Waals surface area contributed by atoms with Crippen molar-refractivity contribution in [3.63, 3.8) is 0 Å². The number of rotatable bonds is 6. The fourth-order valence-electron chi connectivity index (χ4n) is 1.97. The van der Waals surface area contributed by atoms with E-state index in [0.29, 0.717) is 18.0 Å². The molecule has 0 aromatic carbocycles. The minimum Gasteiger partial charge on any atom is -0.477 e. The molecule has 1 heterocycles. The first-order valence-electron chi connectivity index (χ1n) is 6.13. The van der Waals surface area contributed by atoms with E-state index in [1.165, 1.54) is 4.31 Å². The Balaban J connectivity index is 2.44. The zero-order chi connectivity index (χ0) is 14.9. The second kappa shape index (κ2) is 5.56. The molecule has 7 heteroatoms. The number of carboxylic acids is 1. The summed E-state index contributed by atoms with van der Waals surface area (Å²) in [7, 11) is -3.86. The van der Waals surface area contributed by atoms with Crippen LogP contribution < -0.4 is 0 Å². The molecular formula is C13H15NO4S2. The smallest absolute Gasteiger partial charge is 0.347 e. The van der Waals surface area contributed by atoms with Crippen LogP contribution in [-0.2, 0) is 10.0 Å². The summed E-state index contributed by atoms with van der Waals surface area (Å²) in [5.74, 6) is 1.45. The van der Waals surface area contributed by atoms with Gasteiger partial charge in [-0.3, -0.25) is 0 Å². The summed E-state index contributed by atoms with van der Waals surface area (Å²) in [6.07, 6.45) is 7.22. The highest BCUT2D eigenvalue weighted by Gasteiger charge is 2.35. The van der Waals surface area contributed by atoms with E-state index in [1.807, 2.05) is 0 Å². The number of terminal acetylenes is 1. The highest BCUT2D eigenvalue weighted by Crippen LogP contribution is 2.34. The topological polar surface area (TPSA) is 74.7 Å². The van der Waals surface area contributed by atoms with Crippen molar-refractivity contribution < 1.29 is 18.3 Å². The summed E-state index contributed by atoms with van der Waals surface area (Å²) in [6.45, 7) is 1.93. The lowest BCUT2D eigenvalue weighted by atomic mass is 10.3. The predicted molar refractivity (Wildman–Crippen MR) is 76.3 cm³/mol. The first-order valence-corrected chi connectivity index (χ1v) is 8.45. The van der Waals surface area contributed by atoms with Crippen LogP contribution in [0.5, 0.6) is 0 Å². The Kier molecular flexibility index (Phi) is 4.18. The number of nitrogens with zero attached hydrogens (tertiary/aromatic N) is 1. The summed E-state index contributed by atoms with van der Waals surface area (Å²) in [5.41, 5.74) is 0.449. The van der Waals surface area contributed by atoms with Gasteiger partial charge in [0.1, 0.15) is 9.77 Å². The van der Waals surface area contributed by atoms with E-state index < -0.39 is 16.0 Å². The van der Waals surface area contributed by atoms with E-state index in [1.54, 1.807) is 12.3 Å². The molecule has 1 fully saturated rings. The number of sulfonamides is 1. The standard InChI is InChI=1S/C13H15NO4S2/c1-3-6-14(7-10-4-5-10)20(17,18)12-9(2)8-19-11(12)13(15)16/h1,8,10H,4-7H2,2H3,(H,15,16). The third-order valence-corrected chi connectivity index (χ3v) is 6.35. The molecule has 0 radical (unpaired) electrons. The van der Waals surface area contributed by atoms with E-state index in [2.05, 4.69) is 5.92 Å². The number of carbonyl (C=O) groups is 1. The highest BCUT2D eigenvalue weighted by atomic mass is 32.2. The summed E-state index contributed by atoms with van der Waals surface area (Å²) in [4.78, 5) is 10.9. The second-order valence-electron chi connectivity index (χ2n) is 4.83. The van der Waals surface area contributed by atoms with Gasteiger partial charge in [-0.05, 0) is 36.6 Å². The van der Waals surface area contributed by atoms with Gasteiger partial charge in [0.2, 0.25) is 10.0 Å². The Morgan fingerprint density at radius 1 is 1.60 bits per heavy atom. The molecule has 0 spiro atoms. The van der Waals surface area contributed by atoms with Gasteiger partial charge in [0.25, 0.3) is 0 Å². The minimum absolute atomic E-state index is 0.0345. The maximum absolute atomic E-state index is 12.7. The van der Waals surface area contributed by atoms with E-state index in [9.17, 15) is 13.2 Å². The molecule has 0 aliphatic heterocycles. The van der Waals surface area contributed by atoms with E-state index in [-0.39, 0.29) is 16.3 Å². The molecule has 1 aromatic heterocycles. The number of hydrogen-bond donors (Lipinski definition) is 1. The summed E-state index contributed by atoms with van der Waals surface area (Å²) in [5, 5.41) is 10.7. The lowest BCUT2D eigenvalue weighted by Gasteiger charge is -2.20. The van der Waals surface area contributed by atoms with Crippen molar-refractivity contribution in [2.45, 2.75) is 24.7 Å². The monoisotopic (exact) mass is 313 g/mol. The molecular weight excluding hydrogens is 298 g/mol. The van der Waals surface area contributed by atoms with Crippen LogP contribution in [0.4, 0.5) is 0 Å². The van der Waals surface area contributed by atoms with Crippen LogP contribution in [0.3, 0.4) is 0 Å². The van der Waals surface area contributed by atoms with Gasteiger partial charge in [-0.15, -0.1) is 17.8 Å². The maximum atomic E-state index is 12.7. The fraction of sp³-hybridized carbons (Fsp3) is 0.462. The average Bonchev–Trinajstić information content (AvgIpc) is 3.08. The van der Waals surface area contributed by atoms with Crippen LogP contribution in [0.1, 0.15) is 28.1 Å². The van der Waals surface area contributed by atoms with Gasteiger partial charge in [0.05, 0.1) is 6.54 Å². The first-order chi connectivity index (χ1) is 9.37. The number of carboxylic acid groups (broad SMARTS) is 1.